The molecule has 5 rings (SSSR count). The summed E-state index contributed by atoms with van der Waals surface area (Å²) in [5.41, 5.74) is 1.95. The maximum Gasteiger partial charge on any atom is 0.272 e. The minimum atomic E-state index is -0.575. The van der Waals surface area contributed by atoms with E-state index in [0.717, 1.165) is 21.4 Å². The molecular formula is C35H27Cl2N3O3S. The summed E-state index contributed by atoms with van der Waals surface area (Å²) in [5.74, 6) is -1.19. The molecule has 220 valence electrons. The third kappa shape index (κ3) is 7.68. The molecule has 0 bridgehead atoms. The smallest absolute Gasteiger partial charge is 0.272 e. The molecule has 44 heavy (non-hydrogen) atoms. The van der Waals surface area contributed by atoms with Crippen LogP contribution in [0.15, 0.2) is 126 Å². The lowest BCUT2D eigenvalue weighted by Crippen LogP contribution is -2.30. The highest BCUT2D eigenvalue weighted by Crippen LogP contribution is 2.30. The van der Waals surface area contributed by atoms with Crippen molar-refractivity contribution in [2.75, 3.05) is 10.6 Å². The van der Waals surface area contributed by atoms with Gasteiger partial charge in [-0.2, -0.15) is 0 Å². The number of rotatable bonds is 9. The van der Waals surface area contributed by atoms with Gasteiger partial charge in [-0.05, 0) is 66.9 Å². The summed E-state index contributed by atoms with van der Waals surface area (Å²) in [6.07, 6.45) is 1.44. The molecule has 0 saturated heterocycles. The van der Waals surface area contributed by atoms with Crippen molar-refractivity contribution in [1.29, 1.82) is 0 Å². The first-order valence-corrected chi connectivity index (χ1v) is 15.3. The Hall–Kier alpha value is -4.56. The van der Waals surface area contributed by atoms with E-state index in [0.29, 0.717) is 26.9 Å². The van der Waals surface area contributed by atoms with E-state index in [1.54, 1.807) is 66.7 Å². The molecule has 0 aliphatic carbocycles. The lowest BCUT2D eigenvalue weighted by Gasteiger charge is -2.15. The summed E-state index contributed by atoms with van der Waals surface area (Å²) < 4.78 is 0. The fourth-order valence-corrected chi connectivity index (χ4v) is 5.84. The van der Waals surface area contributed by atoms with Crippen LogP contribution in [0.5, 0.6) is 0 Å². The highest BCUT2D eigenvalue weighted by atomic mass is 35.5. The number of anilines is 2. The number of hydrogen-bond donors (Lipinski definition) is 3. The molecule has 0 aromatic heterocycles. The average Bonchev–Trinajstić information content (AvgIpc) is 3.03. The number of benzene rings is 5. The van der Waals surface area contributed by atoms with Crippen LogP contribution >= 0.6 is 35.0 Å². The maximum atomic E-state index is 13.5. The van der Waals surface area contributed by atoms with Crippen molar-refractivity contribution in [3.05, 3.63) is 142 Å². The molecule has 0 radical (unpaired) electrons. The van der Waals surface area contributed by atoms with Crippen LogP contribution < -0.4 is 16.0 Å². The van der Waals surface area contributed by atoms with Crippen LogP contribution in [0, 0.1) is 0 Å². The first kappa shape index (κ1) is 30.9. The van der Waals surface area contributed by atoms with Gasteiger partial charge in [-0.25, -0.2) is 0 Å². The average molecular weight is 641 g/mol. The Balaban J connectivity index is 1.32. The quantitative estimate of drug-likeness (QED) is 0.111. The molecule has 9 heteroatoms. The molecule has 0 saturated carbocycles. The number of nitrogens with one attached hydrogen (secondary N) is 3. The van der Waals surface area contributed by atoms with Crippen molar-refractivity contribution < 1.29 is 14.4 Å². The zero-order valence-electron chi connectivity index (χ0n) is 23.5. The van der Waals surface area contributed by atoms with Crippen molar-refractivity contribution >= 4 is 80.9 Å². The van der Waals surface area contributed by atoms with E-state index in [9.17, 15) is 14.4 Å². The maximum absolute atomic E-state index is 13.5. The lowest BCUT2D eigenvalue weighted by molar-refractivity contribution is -0.115. The van der Waals surface area contributed by atoms with E-state index >= 15 is 0 Å². The predicted molar refractivity (Wildman–Crippen MR) is 181 cm³/mol. The molecule has 1 atom stereocenters. The molecule has 1 unspecified atom stereocenters. The number of hydrogen-bond acceptors (Lipinski definition) is 4. The monoisotopic (exact) mass is 639 g/mol. The van der Waals surface area contributed by atoms with Crippen molar-refractivity contribution in [2.45, 2.75) is 17.1 Å². The van der Waals surface area contributed by atoms with Gasteiger partial charge >= 0.3 is 0 Å². The molecule has 0 aliphatic rings. The number of amides is 3. The van der Waals surface area contributed by atoms with E-state index in [1.807, 2.05) is 55.5 Å². The Morgan fingerprint density at radius 1 is 0.750 bits per heavy atom. The van der Waals surface area contributed by atoms with Gasteiger partial charge in [-0.1, -0.05) is 89.9 Å². The molecule has 6 nitrogen and oxygen atoms in total. The Morgan fingerprint density at radius 3 is 2.18 bits per heavy atom. The van der Waals surface area contributed by atoms with E-state index in [-0.39, 0.29) is 11.6 Å². The van der Waals surface area contributed by atoms with Crippen molar-refractivity contribution in [2.24, 2.45) is 0 Å². The highest BCUT2D eigenvalue weighted by molar-refractivity contribution is 8.00. The molecule has 3 N–H and O–H groups in total. The van der Waals surface area contributed by atoms with Gasteiger partial charge in [0, 0.05) is 42.8 Å². The zero-order valence-corrected chi connectivity index (χ0v) is 25.8. The van der Waals surface area contributed by atoms with Crippen LogP contribution in [-0.4, -0.2) is 23.0 Å². The summed E-state index contributed by atoms with van der Waals surface area (Å²) >= 11 is 14.1. The van der Waals surface area contributed by atoms with E-state index < -0.39 is 17.1 Å². The number of thioether (sulfide) groups is 1. The zero-order chi connectivity index (χ0) is 31.1. The summed E-state index contributed by atoms with van der Waals surface area (Å²) in [7, 11) is 0. The van der Waals surface area contributed by atoms with Crippen LogP contribution in [0.4, 0.5) is 11.4 Å². The minimum Gasteiger partial charge on any atom is -0.325 e. The second-order valence-electron chi connectivity index (χ2n) is 9.77. The van der Waals surface area contributed by atoms with E-state index in [2.05, 4.69) is 16.0 Å². The molecule has 5 aromatic carbocycles. The van der Waals surface area contributed by atoms with Crippen LogP contribution in [0.2, 0.25) is 10.0 Å². The normalized spacial score (nSPS) is 11.9. The molecule has 0 heterocycles. The Labute approximate surface area is 269 Å². The first-order valence-electron chi connectivity index (χ1n) is 13.7. The Morgan fingerprint density at radius 2 is 1.41 bits per heavy atom. The molecule has 0 fully saturated rings. The third-order valence-corrected chi connectivity index (χ3v) is 8.39. The van der Waals surface area contributed by atoms with Gasteiger partial charge in [0.1, 0.15) is 5.70 Å². The van der Waals surface area contributed by atoms with Gasteiger partial charge in [0.05, 0.1) is 5.25 Å². The molecule has 0 spiro atoms. The largest absolute Gasteiger partial charge is 0.325 e. The fraction of sp³-hybridized carbons (Fsp3) is 0.0571. The van der Waals surface area contributed by atoms with Gasteiger partial charge in [-0.15, -0.1) is 11.8 Å². The molecule has 3 amide bonds. The van der Waals surface area contributed by atoms with Crippen molar-refractivity contribution in [3.8, 4) is 0 Å². The second kappa shape index (κ2) is 14.3. The van der Waals surface area contributed by atoms with E-state index in [1.165, 1.54) is 17.8 Å². The van der Waals surface area contributed by atoms with Gasteiger partial charge in [0.2, 0.25) is 5.91 Å². The van der Waals surface area contributed by atoms with Crippen molar-refractivity contribution in [3.63, 3.8) is 0 Å². The predicted octanol–water partition coefficient (Wildman–Crippen LogP) is 8.68. The van der Waals surface area contributed by atoms with Gasteiger partial charge in [0.15, 0.2) is 0 Å². The number of carbonyl (C=O) groups excluding carboxylic acids is 3. The number of carbonyl (C=O) groups is 3. The Bertz CT molecular complexity index is 1850. The van der Waals surface area contributed by atoms with Gasteiger partial charge in [0.25, 0.3) is 11.8 Å². The van der Waals surface area contributed by atoms with Gasteiger partial charge in [-0.3, -0.25) is 14.4 Å². The van der Waals surface area contributed by atoms with Gasteiger partial charge < -0.3 is 16.0 Å². The van der Waals surface area contributed by atoms with E-state index in [4.69, 9.17) is 23.2 Å². The fourth-order valence-electron chi connectivity index (χ4n) is 4.41. The van der Waals surface area contributed by atoms with Crippen LogP contribution in [0.3, 0.4) is 0 Å². The summed E-state index contributed by atoms with van der Waals surface area (Å²) in [5, 5.41) is 10.8. The standard InChI is InChI=1S/C35H27Cl2N3O3S/c1-22(33(41)39-31-19-7-13-23-10-5-6-16-27(23)31)44-26-15-8-14-25(20-26)38-35(43)32(21-28-29(36)17-9-18-30(28)37)40-34(42)24-11-3-2-4-12-24/h2-22H,1H3,(H,38,43)(H,39,41)(H,40,42)/b32-21+. The topological polar surface area (TPSA) is 87.3 Å². The van der Waals surface area contributed by atoms with Crippen LogP contribution in [-0.2, 0) is 9.59 Å². The number of halogens is 2. The highest BCUT2D eigenvalue weighted by Gasteiger charge is 2.19. The van der Waals surface area contributed by atoms with Crippen molar-refractivity contribution in [1.82, 2.24) is 5.32 Å². The first-order chi connectivity index (χ1) is 21.3. The Kier molecular flexibility index (Phi) is 10.0. The molecular weight excluding hydrogens is 613 g/mol. The van der Waals surface area contributed by atoms with Crippen LogP contribution in [0.1, 0.15) is 22.8 Å². The SMILES string of the molecule is CC(Sc1cccc(NC(=O)/C(=C\c2c(Cl)cccc2Cl)NC(=O)c2ccccc2)c1)C(=O)Nc1cccc2ccccc12. The molecule has 0 aliphatic heterocycles. The van der Waals surface area contributed by atoms with Crippen LogP contribution in [0.25, 0.3) is 16.8 Å². The summed E-state index contributed by atoms with van der Waals surface area (Å²) in [6.45, 7) is 1.82. The second-order valence-corrected chi connectivity index (χ2v) is 12.0. The molecule has 5 aromatic rings. The minimum absolute atomic E-state index is 0.0465. The third-order valence-electron chi connectivity index (χ3n) is 6.64. The number of fused-ring (bicyclic) bond motifs is 1. The lowest BCUT2D eigenvalue weighted by atomic mass is 10.1. The summed E-state index contributed by atoms with van der Waals surface area (Å²) in [4.78, 5) is 40.3. The summed E-state index contributed by atoms with van der Waals surface area (Å²) in [6, 6.07) is 34.3.